The Balaban J connectivity index is 1.66. The first-order chi connectivity index (χ1) is 13.9. The largest absolute Gasteiger partial charge is 0.307 e. The SMILES string of the molecule is CC(=O)N(Cc1nn(C)c2c1CN(S(=O)(=O)c1cccs1)CC2)c1ccccc1. The average molecular weight is 431 g/mol. The zero-order valence-electron chi connectivity index (χ0n) is 16.3. The van der Waals surface area contributed by atoms with Crippen molar-refractivity contribution >= 4 is 33.0 Å². The quantitative estimate of drug-likeness (QED) is 0.624. The second-order valence-electron chi connectivity index (χ2n) is 6.96. The number of thiophene rings is 1. The monoisotopic (exact) mass is 430 g/mol. The molecule has 9 heteroatoms. The Morgan fingerprint density at radius 3 is 2.62 bits per heavy atom. The van der Waals surface area contributed by atoms with Crippen LogP contribution in [0.15, 0.2) is 52.1 Å². The molecule has 0 saturated heterocycles. The van der Waals surface area contributed by atoms with Crippen molar-refractivity contribution in [1.29, 1.82) is 0 Å². The van der Waals surface area contributed by atoms with Gasteiger partial charge in [-0.05, 0) is 23.6 Å². The molecule has 4 rings (SSSR count). The minimum atomic E-state index is -3.53. The van der Waals surface area contributed by atoms with E-state index in [2.05, 4.69) is 5.10 Å². The van der Waals surface area contributed by atoms with Crippen LogP contribution in [0.2, 0.25) is 0 Å². The summed E-state index contributed by atoms with van der Waals surface area (Å²) in [6, 6.07) is 12.8. The van der Waals surface area contributed by atoms with Crippen molar-refractivity contribution < 1.29 is 13.2 Å². The van der Waals surface area contributed by atoms with Crippen LogP contribution in [0.1, 0.15) is 23.9 Å². The van der Waals surface area contributed by atoms with Crippen LogP contribution in [-0.4, -0.2) is 35.0 Å². The summed E-state index contributed by atoms with van der Waals surface area (Å²) in [5, 5.41) is 6.39. The molecule has 3 heterocycles. The molecule has 1 amide bonds. The molecule has 1 aliphatic heterocycles. The van der Waals surface area contributed by atoms with E-state index in [1.54, 1.807) is 22.4 Å². The number of benzene rings is 1. The number of fused-ring (bicyclic) bond motifs is 1. The van der Waals surface area contributed by atoms with Crippen LogP contribution in [0.4, 0.5) is 5.69 Å². The first-order valence-corrected chi connectivity index (χ1v) is 11.6. The van der Waals surface area contributed by atoms with Gasteiger partial charge in [0.15, 0.2) is 0 Å². The van der Waals surface area contributed by atoms with Crippen LogP contribution in [-0.2, 0) is 41.4 Å². The van der Waals surface area contributed by atoms with Gasteiger partial charge in [0.05, 0.1) is 12.2 Å². The van der Waals surface area contributed by atoms with E-state index >= 15 is 0 Å². The number of amides is 1. The number of rotatable bonds is 5. The predicted octanol–water partition coefficient (Wildman–Crippen LogP) is 2.78. The van der Waals surface area contributed by atoms with Crippen LogP contribution >= 0.6 is 11.3 Å². The van der Waals surface area contributed by atoms with E-state index in [4.69, 9.17) is 0 Å². The zero-order chi connectivity index (χ0) is 20.6. The van der Waals surface area contributed by atoms with Gasteiger partial charge in [-0.1, -0.05) is 24.3 Å². The molecular formula is C20H22N4O3S2. The lowest BCUT2D eigenvalue weighted by molar-refractivity contribution is -0.116. The summed E-state index contributed by atoms with van der Waals surface area (Å²) in [6.45, 7) is 2.51. The highest BCUT2D eigenvalue weighted by Gasteiger charge is 2.33. The lowest BCUT2D eigenvalue weighted by Gasteiger charge is -2.27. The van der Waals surface area contributed by atoms with Gasteiger partial charge in [-0.2, -0.15) is 9.40 Å². The molecular weight excluding hydrogens is 408 g/mol. The van der Waals surface area contributed by atoms with E-state index in [-0.39, 0.29) is 12.5 Å². The van der Waals surface area contributed by atoms with Gasteiger partial charge in [0.2, 0.25) is 5.91 Å². The highest BCUT2D eigenvalue weighted by molar-refractivity contribution is 7.91. The number of anilines is 1. The second-order valence-corrected chi connectivity index (χ2v) is 10.1. The molecule has 0 N–H and O–H groups in total. The van der Waals surface area contributed by atoms with Gasteiger partial charge < -0.3 is 4.90 Å². The Hall–Kier alpha value is -2.49. The fraction of sp³-hybridized carbons (Fsp3) is 0.300. The third-order valence-corrected chi connectivity index (χ3v) is 8.35. The number of aromatic nitrogens is 2. The molecule has 0 fully saturated rings. The Morgan fingerprint density at radius 2 is 1.97 bits per heavy atom. The van der Waals surface area contributed by atoms with Crippen LogP contribution in [0.3, 0.4) is 0 Å². The number of sulfonamides is 1. The van der Waals surface area contributed by atoms with Gasteiger partial charge in [0.25, 0.3) is 10.0 Å². The van der Waals surface area contributed by atoms with Crippen molar-refractivity contribution in [3.05, 3.63) is 64.8 Å². The highest BCUT2D eigenvalue weighted by atomic mass is 32.2. The first-order valence-electron chi connectivity index (χ1n) is 9.28. The normalized spacial score (nSPS) is 14.6. The lowest BCUT2D eigenvalue weighted by atomic mass is 10.1. The Bertz CT molecular complexity index is 1120. The topological polar surface area (TPSA) is 75.5 Å². The minimum absolute atomic E-state index is 0.0884. The van der Waals surface area contributed by atoms with Crippen molar-refractivity contribution in [2.24, 2.45) is 7.05 Å². The zero-order valence-corrected chi connectivity index (χ0v) is 17.9. The molecule has 0 unspecified atom stereocenters. The van der Waals surface area contributed by atoms with Crippen molar-refractivity contribution in [3.8, 4) is 0 Å². The average Bonchev–Trinajstić information content (AvgIpc) is 3.35. The van der Waals surface area contributed by atoms with E-state index in [0.29, 0.717) is 23.7 Å². The van der Waals surface area contributed by atoms with Crippen LogP contribution in [0.25, 0.3) is 0 Å². The number of nitrogens with zero attached hydrogens (tertiary/aromatic N) is 4. The molecule has 0 radical (unpaired) electrons. The van der Waals surface area contributed by atoms with Crippen molar-refractivity contribution in [3.63, 3.8) is 0 Å². The summed E-state index contributed by atoms with van der Waals surface area (Å²) in [6.07, 6.45) is 0.592. The Kier molecular flexibility index (Phi) is 5.28. The molecule has 3 aromatic rings. The highest BCUT2D eigenvalue weighted by Crippen LogP contribution is 2.30. The predicted molar refractivity (Wildman–Crippen MR) is 112 cm³/mol. The lowest BCUT2D eigenvalue weighted by Crippen LogP contribution is -2.36. The maximum Gasteiger partial charge on any atom is 0.252 e. The maximum absolute atomic E-state index is 13.0. The summed E-state index contributed by atoms with van der Waals surface area (Å²) in [4.78, 5) is 14.0. The van der Waals surface area contributed by atoms with Gasteiger partial charge >= 0.3 is 0 Å². The van der Waals surface area contributed by atoms with Crippen LogP contribution in [0, 0.1) is 0 Å². The smallest absolute Gasteiger partial charge is 0.252 e. The molecule has 1 aliphatic rings. The third-order valence-electron chi connectivity index (χ3n) is 5.14. The maximum atomic E-state index is 13.0. The summed E-state index contributed by atoms with van der Waals surface area (Å²) in [7, 11) is -1.66. The molecule has 2 aromatic heterocycles. The molecule has 0 aliphatic carbocycles. The molecule has 152 valence electrons. The van der Waals surface area contributed by atoms with Gasteiger partial charge in [-0.15, -0.1) is 11.3 Å². The number of aryl methyl sites for hydroxylation is 1. The molecule has 0 spiro atoms. The third kappa shape index (κ3) is 3.73. The fourth-order valence-electron chi connectivity index (χ4n) is 3.66. The molecule has 0 atom stereocenters. The minimum Gasteiger partial charge on any atom is -0.307 e. The molecule has 0 bridgehead atoms. The summed E-state index contributed by atoms with van der Waals surface area (Å²) >= 11 is 1.22. The van der Waals surface area contributed by atoms with E-state index in [1.807, 2.05) is 42.1 Å². The summed E-state index contributed by atoms with van der Waals surface area (Å²) in [5.74, 6) is -0.0884. The standard InChI is InChI=1S/C20H22N4O3S2/c1-15(25)24(16-7-4-3-5-8-16)14-18-17-13-23(11-10-19(17)22(2)21-18)29(26,27)20-9-6-12-28-20/h3-9,12H,10-11,13-14H2,1-2H3. The fourth-order valence-corrected chi connectivity index (χ4v) is 6.21. The second kappa shape index (κ2) is 7.74. The Morgan fingerprint density at radius 1 is 1.21 bits per heavy atom. The van der Waals surface area contributed by atoms with E-state index in [1.165, 1.54) is 22.6 Å². The van der Waals surface area contributed by atoms with E-state index in [9.17, 15) is 13.2 Å². The van der Waals surface area contributed by atoms with E-state index < -0.39 is 10.0 Å². The van der Waals surface area contributed by atoms with Crippen molar-refractivity contribution in [2.45, 2.75) is 30.6 Å². The van der Waals surface area contributed by atoms with Gasteiger partial charge in [0.1, 0.15) is 4.21 Å². The molecule has 7 nitrogen and oxygen atoms in total. The first kappa shape index (κ1) is 19.8. The van der Waals surface area contributed by atoms with Gasteiger partial charge in [0, 0.05) is 50.4 Å². The van der Waals surface area contributed by atoms with Crippen LogP contribution < -0.4 is 4.90 Å². The molecule has 1 aromatic carbocycles. The van der Waals surface area contributed by atoms with Gasteiger partial charge in [-0.25, -0.2) is 8.42 Å². The number of hydrogen-bond donors (Lipinski definition) is 0. The number of carbonyl (C=O) groups excluding carboxylic acids is 1. The number of para-hydroxylation sites is 1. The summed E-state index contributed by atoms with van der Waals surface area (Å²) in [5.41, 5.74) is 3.43. The number of hydrogen-bond acceptors (Lipinski definition) is 5. The van der Waals surface area contributed by atoms with E-state index in [0.717, 1.165) is 22.6 Å². The van der Waals surface area contributed by atoms with Crippen molar-refractivity contribution in [1.82, 2.24) is 14.1 Å². The molecule has 0 saturated carbocycles. The molecule has 29 heavy (non-hydrogen) atoms. The van der Waals surface area contributed by atoms with Gasteiger partial charge in [-0.3, -0.25) is 9.48 Å². The summed E-state index contributed by atoms with van der Waals surface area (Å²) < 4.78 is 29.6. The Labute approximate surface area is 174 Å². The van der Waals surface area contributed by atoms with Crippen LogP contribution in [0.5, 0.6) is 0 Å². The number of carbonyl (C=O) groups is 1. The van der Waals surface area contributed by atoms with Crippen molar-refractivity contribution in [2.75, 3.05) is 11.4 Å².